The Hall–Kier alpha value is -2.39. The minimum absolute atomic E-state index is 0.0743. The summed E-state index contributed by atoms with van der Waals surface area (Å²) in [6.07, 6.45) is 1.46. The summed E-state index contributed by atoms with van der Waals surface area (Å²) < 4.78 is 37.2. The highest BCUT2D eigenvalue weighted by Gasteiger charge is 2.17. The molecule has 0 spiro atoms. The van der Waals surface area contributed by atoms with Gasteiger partial charge in [-0.15, -0.1) is 0 Å². The van der Waals surface area contributed by atoms with Crippen molar-refractivity contribution in [3.8, 4) is 5.75 Å². The van der Waals surface area contributed by atoms with Gasteiger partial charge in [0.25, 0.3) is 0 Å². The van der Waals surface area contributed by atoms with E-state index >= 15 is 0 Å². The Bertz CT molecular complexity index is 841. The second kappa shape index (κ2) is 7.66. The van der Waals surface area contributed by atoms with E-state index < -0.39 is 16.0 Å². The number of carbonyl (C=O) groups is 1. The number of carbonyl (C=O) groups excluding carboxylic acids is 1. The minimum atomic E-state index is -3.46. The van der Waals surface area contributed by atoms with E-state index in [4.69, 9.17) is 9.47 Å². The smallest absolute Gasteiger partial charge is 0.341 e. The van der Waals surface area contributed by atoms with Crippen molar-refractivity contribution in [1.82, 2.24) is 14.1 Å². The predicted molar refractivity (Wildman–Crippen MR) is 91.0 cm³/mol. The fraction of sp³-hybridized carbons (Fsp3) is 0.375. The molecule has 9 heteroatoms. The van der Waals surface area contributed by atoms with Crippen LogP contribution in [0.3, 0.4) is 0 Å². The van der Waals surface area contributed by atoms with Crippen LogP contribution in [0.15, 0.2) is 35.4 Å². The number of rotatable bonds is 7. The van der Waals surface area contributed by atoms with E-state index in [0.717, 1.165) is 10.00 Å². The zero-order valence-corrected chi connectivity index (χ0v) is 15.4. The Kier molecular flexibility index (Phi) is 5.81. The maximum atomic E-state index is 12.0. The molecule has 0 N–H and O–H groups in total. The Morgan fingerprint density at radius 1 is 1.20 bits per heavy atom. The number of hydrogen-bond acceptors (Lipinski definition) is 6. The average Bonchev–Trinajstić information content (AvgIpc) is 2.91. The number of aromatic nitrogens is 2. The highest BCUT2D eigenvalue weighted by molar-refractivity contribution is 7.89. The summed E-state index contributed by atoms with van der Waals surface area (Å²) in [4.78, 5) is 12.1. The van der Waals surface area contributed by atoms with Crippen LogP contribution in [0.1, 0.15) is 16.1 Å². The van der Waals surface area contributed by atoms with E-state index in [1.54, 1.807) is 30.8 Å². The quantitative estimate of drug-likeness (QED) is 0.540. The van der Waals surface area contributed by atoms with Gasteiger partial charge in [0.2, 0.25) is 10.0 Å². The van der Waals surface area contributed by atoms with E-state index in [0.29, 0.717) is 11.3 Å². The molecule has 2 rings (SSSR count). The number of sulfonamides is 1. The predicted octanol–water partition coefficient (Wildman–Crippen LogP) is 1.21. The van der Waals surface area contributed by atoms with Gasteiger partial charge in [-0.3, -0.25) is 4.68 Å². The first-order chi connectivity index (χ1) is 11.7. The van der Waals surface area contributed by atoms with Crippen LogP contribution in [0.5, 0.6) is 5.75 Å². The molecule has 2 aromatic rings. The highest BCUT2D eigenvalue weighted by Crippen LogP contribution is 2.18. The normalized spacial score (nSPS) is 11.6. The van der Waals surface area contributed by atoms with E-state index in [-0.39, 0.29) is 18.1 Å². The molecule has 0 aliphatic heterocycles. The van der Waals surface area contributed by atoms with Gasteiger partial charge in [-0.2, -0.15) is 5.10 Å². The summed E-state index contributed by atoms with van der Waals surface area (Å²) in [5.74, 6) is 0.0351. The second-order valence-corrected chi connectivity index (χ2v) is 7.66. The Morgan fingerprint density at radius 2 is 1.84 bits per heavy atom. The van der Waals surface area contributed by atoms with Crippen molar-refractivity contribution in [2.75, 3.05) is 27.3 Å². The molecule has 1 aromatic carbocycles. The van der Waals surface area contributed by atoms with Gasteiger partial charge < -0.3 is 9.47 Å². The molecule has 8 nitrogen and oxygen atoms in total. The van der Waals surface area contributed by atoms with Gasteiger partial charge in [0.1, 0.15) is 24.5 Å². The molecular formula is C16H21N3O5S. The SMILES string of the molecule is Cc1c(C(=O)OCCOc2ccc(S(=O)(=O)N(C)C)cc2)cnn1C. The molecule has 0 aliphatic carbocycles. The third-order valence-electron chi connectivity index (χ3n) is 3.64. The average molecular weight is 367 g/mol. The second-order valence-electron chi connectivity index (χ2n) is 5.51. The maximum absolute atomic E-state index is 12.0. The molecule has 0 atom stereocenters. The van der Waals surface area contributed by atoms with E-state index in [2.05, 4.69) is 5.10 Å². The molecule has 136 valence electrons. The Labute approximate surface area is 147 Å². The molecule has 1 heterocycles. The lowest BCUT2D eigenvalue weighted by atomic mass is 10.3. The summed E-state index contributed by atoms with van der Waals surface area (Å²) in [7, 11) is 1.22. The summed E-state index contributed by atoms with van der Waals surface area (Å²) in [5.41, 5.74) is 1.14. The molecule has 0 bridgehead atoms. The molecule has 0 aliphatic rings. The first kappa shape index (κ1) is 18.9. The van der Waals surface area contributed by atoms with Crippen LogP contribution in [0.2, 0.25) is 0 Å². The third-order valence-corrected chi connectivity index (χ3v) is 5.47. The zero-order chi connectivity index (χ0) is 18.6. The summed E-state index contributed by atoms with van der Waals surface area (Å²) in [5, 5.41) is 3.99. The Morgan fingerprint density at radius 3 is 2.36 bits per heavy atom. The molecule has 0 saturated heterocycles. The molecule has 25 heavy (non-hydrogen) atoms. The minimum Gasteiger partial charge on any atom is -0.490 e. The number of esters is 1. The molecule has 1 aromatic heterocycles. The van der Waals surface area contributed by atoms with Crippen LogP contribution in [0.25, 0.3) is 0 Å². The fourth-order valence-corrected chi connectivity index (χ4v) is 2.89. The van der Waals surface area contributed by atoms with Crippen molar-refractivity contribution < 1.29 is 22.7 Å². The van der Waals surface area contributed by atoms with Gasteiger partial charge in [-0.1, -0.05) is 0 Å². The van der Waals surface area contributed by atoms with Crippen molar-refractivity contribution >= 4 is 16.0 Å². The van der Waals surface area contributed by atoms with Gasteiger partial charge in [0.15, 0.2) is 0 Å². The summed E-state index contributed by atoms with van der Waals surface area (Å²) in [6.45, 7) is 2.01. The molecule has 0 fully saturated rings. The van der Waals surface area contributed by atoms with Crippen LogP contribution >= 0.6 is 0 Å². The van der Waals surface area contributed by atoms with Crippen molar-refractivity contribution in [2.45, 2.75) is 11.8 Å². The highest BCUT2D eigenvalue weighted by atomic mass is 32.2. The molecular weight excluding hydrogens is 346 g/mol. The van der Waals surface area contributed by atoms with Gasteiger partial charge in [0, 0.05) is 26.8 Å². The Balaban J connectivity index is 1.84. The standard InChI is InChI=1S/C16H21N3O5S/c1-12-15(11-17-19(12)4)16(20)24-10-9-23-13-5-7-14(8-6-13)25(21,22)18(2)3/h5-8,11H,9-10H2,1-4H3. The first-order valence-electron chi connectivity index (χ1n) is 7.54. The lowest BCUT2D eigenvalue weighted by Crippen LogP contribution is -2.22. The lowest BCUT2D eigenvalue weighted by molar-refractivity contribution is 0.0449. The fourth-order valence-electron chi connectivity index (χ4n) is 1.99. The van der Waals surface area contributed by atoms with Gasteiger partial charge in [0.05, 0.1) is 11.1 Å². The number of nitrogens with zero attached hydrogens (tertiary/aromatic N) is 3. The molecule has 0 radical (unpaired) electrons. The van der Waals surface area contributed by atoms with Crippen molar-refractivity contribution in [2.24, 2.45) is 7.05 Å². The molecule has 0 saturated carbocycles. The third kappa shape index (κ3) is 4.37. The monoisotopic (exact) mass is 367 g/mol. The summed E-state index contributed by atoms with van der Waals surface area (Å²) >= 11 is 0. The molecule has 0 amide bonds. The van der Waals surface area contributed by atoms with Gasteiger partial charge >= 0.3 is 5.97 Å². The van der Waals surface area contributed by atoms with E-state index in [1.165, 1.54) is 32.4 Å². The van der Waals surface area contributed by atoms with E-state index in [9.17, 15) is 13.2 Å². The maximum Gasteiger partial charge on any atom is 0.341 e. The zero-order valence-electron chi connectivity index (χ0n) is 14.6. The van der Waals surface area contributed by atoms with Gasteiger partial charge in [-0.25, -0.2) is 17.5 Å². The number of hydrogen-bond donors (Lipinski definition) is 0. The summed E-state index contributed by atoms with van der Waals surface area (Å²) in [6, 6.07) is 6.05. The molecule has 0 unspecified atom stereocenters. The van der Waals surface area contributed by atoms with Gasteiger partial charge in [-0.05, 0) is 31.2 Å². The van der Waals surface area contributed by atoms with Crippen LogP contribution in [-0.4, -0.2) is 55.8 Å². The number of ether oxygens (including phenoxy) is 2. The first-order valence-corrected chi connectivity index (χ1v) is 8.98. The van der Waals surface area contributed by atoms with Crippen molar-refractivity contribution in [3.05, 3.63) is 41.7 Å². The topological polar surface area (TPSA) is 90.7 Å². The van der Waals surface area contributed by atoms with Crippen LogP contribution in [0.4, 0.5) is 0 Å². The lowest BCUT2D eigenvalue weighted by Gasteiger charge is -2.12. The van der Waals surface area contributed by atoms with Crippen LogP contribution in [0, 0.1) is 6.92 Å². The number of benzene rings is 1. The van der Waals surface area contributed by atoms with E-state index in [1.807, 2.05) is 0 Å². The van der Waals surface area contributed by atoms with Crippen LogP contribution < -0.4 is 4.74 Å². The number of aryl methyl sites for hydroxylation is 1. The van der Waals surface area contributed by atoms with Crippen molar-refractivity contribution in [3.63, 3.8) is 0 Å². The van der Waals surface area contributed by atoms with Crippen LogP contribution in [-0.2, 0) is 21.8 Å². The largest absolute Gasteiger partial charge is 0.490 e. The van der Waals surface area contributed by atoms with Crippen molar-refractivity contribution in [1.29, 1.82) is 0 Å².